The van der Waals surface area contributed by atoms with Crippen molar-refractivity contribution < 1.29 is 9.72 Å². The van der Waals surface area contributed by atoms with Crippen LogP contribution in [0, 0.1) is 10.1 Å². The number of fused-ring (bicyclic) bond motifs is 1. The van der Waals surface area contributed by atoms with E-state index in [2.05, 4.69) is 9.88 Å². The molecule has 114 valence electrons. The summed E-state index contributed by atoms with van der Waals surface area (Å²) in [5, 5.41) is 13.5. The van der Waals surface area contributed by atoms with E-state index in [1.165, 1.54) is 12.1 Å². The Morgan fingerprint density at radius 3 is 2.91 bits per heavy atom. The van der Waals surface area contributed by atoms with Gasteiger partial charge in [-0.3, -0.25) is 10.1 Å². The molecule has 22 heavy (non-hydrogen) atoms. The monoisotopic (exact) mass is 300 g/mol. The van der Waals surface area contributed by atoms with Crippen molar-refractivity contribution in [3.63, 3.8) is 0 Å². The lowest BCUT2D eigenvalue weighted by Gasteiger charge is -2.34. The highest BCUT2D eigenvalue weighted by Crippen LogP contribution is 2.26. The van der Waals surface area contributed by atoms with Crippen LogP contribution in [0.2, 0.25) is 0 Å². The number of nitro groups is 1. The second kappa shape index (κ2) is 5.51. The quantitative estimate of drug-likeness (QED) is 0.684. The van der Waals surface area contributed by atoms with E-state index in [9.17, 15) is 14.9 Å². The van der Waals surface area contributed by atoms with Crippen LogP contribution >= 0.6 is 0 Å². The smallest absolute Gasteiger partial charge is 0.322 e. The van der Waals surface area contributed by atoms with Crippen LogP contribution in [-0.2, 0) is 6.54 Å². The molecule has 1 atom stereocenters. The molecule has 0 fully saturated rings. The minimum Gasteiger partial charge on any atom is -0.348 e. The number of rotatable bonds is 2. The fraction of sp³-hybridized carbons (Fsp3) is 0.267. The van der Waals surface area contributed by atoms with Crippen LogP contribution in [0.25, 0.3) is 0 Å². The summed E-state index contributed by atoms with van der Waals surface area (Å²) in [6.45, 7) is 3.32. The number of anilines is 1. The summed E-state index contributed by atoms with van der Waals surface area (Å²) < 4.78 is 2.13. The van der Waals surface area contributed by atoms with E-state index >= 15 is 0 Å². The van der Waals surface area contributed by atoms with Gasteiger partial charge in [-0.2, -0.15) is 0 Å². The molecule has 2 aromatic rings. The number of hydrogen-bond donors (Lipinski definition) is 1. The summed E-state index contributed by atoms with van der Waals surface area (Å²) in [5.41, 5.74) is 1.46. The zero-order valence-electron chi connectivity index (χ0n) is 12.1. The Balaban J connectivity index is 1.75. The third kappa shape index (κ3) is 2.52. The van der Waals surface area contributed by atoms with E-state index in [4.69, 9.17) is 0 Å². The second-order valence-electron chi connectivity index (χ2n) is 5.23. The first-order valence-corrected chi connectivity index (χ1v) is 7.03. The predicted molar refractivity (Wildman–Crippen MR) is 81.7 cm³/mol. The summed E-state index contributed by atoms with van der Waals surface area (Å²) in [6.07, 6.45) is 2.00. The number of nitrogens with one attached hydrogen (secondary N) is 1. The third-order valence-corrected chi connectivity index (χ3v) is 3.91. The number of aromatic nitrogens is 1. The fourth-order valence-corrected chi connectivity index (χ4v) is 2.75. The van der Waals surface area contributed by atoms with E-state index in [1.54, 1.807) is 17.0 Å². The van der Waals surface area contributed by atoms with Gasteiger partial charge in [0.05, 0.1) is 11.0 Å². The van der Waals surface area contributed by atoms with E-state index < -0.39 is 4.92 Å². The minimum absolute atomic E-state index is 0.0394. The zero-order valence-corrected chi connectivity index (χ0v) is 12.1. The van der Waals surface area contributed by atoms with Crippen LogP contribution in [-0.4, -0.2) is 27.0 Å². The van der Waals surface area contributed by atoms with E-state index in [0.717, 1.165) is 12.2 Å². The number of hydrogen-bond acceptors (Lipinski definition) is 3. The van der Waals surface area contributed by atoms with Crippen LogP contribution in [0.5, 0.6) is 0 Å². The van der Waals surface area contributed by atoms with E-state index in [1.807, 2.05) is 25.3 Å². The molecular formula is C15H16N4O3. The summed E-state index contributed by atoms with van der Waals surface area (Å²) in [5.74, 6) is 0. The van der Waals surface area contributed by atoms with Gasteiger partial charge in [0.15, 0.2) is 0 Å². The Hall–Kier alpha value is -2.83. The molecule has 0 aliphatic carbocycles. The van der Waals surface area contributed by atoms with Crippen LogP contribution in [0.1, 0.15) is 18.7 Å². The Morgan fingerprint density at radius 1 is 1.32 bits per heavy atom. The van der Waals surface area contributed by atoms with Gasteiger partial charge in [0, 0.05) is 42.8 Å². The number of nitro benzene ring substituents is 1. The number of non-ortho nitro benzene ring substituents is 1. The Morgan fingerprint density at radius 2 is 2.14 bits per heavy atom. The van der Waals surface area contributed by atoms with Crippen molar-refractivity contribution in [1.29, 1.82) is 0 Å². The van der Waals surface area contributed by atoms with Gasteiger partial charge in [0.25, 0.3) is 5.69 Å². The fourth-order valence-electron chi connectivity index (χ4n) is 2.75. The molecule has 1 aliphatic heterocycles. The molecule has 2 amide bonds. The van der Waals surface area contributed by atoms with Gasteiger partial charge in [-0.05, 0) is 25.1 Å². The summed E-state index contributed by atoms with van der Waals surface area (Å²) in [6, 6.07) is 9.62. The average molecular weight is 300 g/mol. The third-order valence-electron chi connectivity index (χ3n) is 3.91. The SMILES string of the molecule is C[C@H]1c2cccn2CCN1C(=O)Nc1cccc([N+](=O)[O-])c1. The molecule has 3 rings (SSSR count). The second-order valence-corrected chi connectivity index (χ2v) is 5.23. The van der Waals surface area contributed by atoms with Crippen molar-refractivity contribution in [3.8, 4) is 0 Å². The summed E-state index contributed by atoms with van der Waals surface area (Å²) in [4.78, 5) is 24.5. The number of urea groups is 1. The molecule has 7 nitrogen and oxygen atoms in total. The molecule has 1 aromatic heterocycles. The lowest BCUT2D eigenvalue weighted by molar-refractivity contribution is -0.384. The maximum atomic E-state index is 12.4. The van der Waals surface area contributed by atoms with Gasteiger partial charge in [0.1, 0.15) is 0 Å². The number of amides is 2. The minimum atomic E-state index is -0.480. The van der Waals surface area contributed by atoms with Gasteiger partial charge in [0.2, 0.25) is 0 Å². The molecule has 1 N–H and O–H groups in total. The van der Waals surface area contributed by atoms with Crippen LogP contribution < -0.4 is 5.32 Å². The van der Waals surface area contributed by atoms with E-state index in [0.29, 0.717) is 12.2 Å². The van der Waals surface area contributed by atoms with Crippen LogP contribution in [0.3, 0.4) is 0 Å². The number of carbonyl (C=O) groups excluding carboxylic acids is 1. The summed E-state index contributed by atoms with van der Waals surface area (Å²) in [7, 11) is 0. The first-order valence-electron chi connectivity index (χ1n) is 7.03. The molecule has 0 spiro atoms. The lowest BCUT2D eigenvalue weighted by Crippen LogP contribution is -2.42. The number of benzene rings is 1. The van der Waals surface area contributed by atoms with Crippen molar-refractivity contribution in [2.75, 3.05) is 11.9 Å². The Kier molecular flexibility index (Phi) is 3.54. The first-order chi connectivity index (χ1) is 10.6. The number of carbonyl (C=O) groups is 1. The zero-order chi connectivity index (χ0) is 15.7. The maximum Gasteiger partial charge on any atom is 0.322 e. The topological polar surface area (TPSA) is 80.4 Å². The molecule has 0 saturated heterocycles. The summed E-state index contributed by atoms with van der Waals surface area (Å²) >= 11 is 0. The van der Waals surface area contributed by atoms with Gasteiger partial charge in [-0.15, -0.1) is 0 Å². The molecular weight excluding hydrogens is 284 g/mol. The van der Waals surface area contributed by atoms with Gasteiger partial charge < -0.3 is 14.8 Å². The molecule has 7 heteroatoms. The van der Waals surface area contributed by atoms with Crippen molar-refractivity contribution in [1.82, 2.24) is 9.47 Å². The van der Waals surface area contributed by atoms with Gasteiger partial charge >= 0.3 is 6.03 Å². The van der Waals surface area contributed by atoms with Crippen molar-refractivity contribution >= 4 is 17.4 Å². The normalized spacial score (nSPS) is 17.0. The first kappa shape index (κ1) is 14.1. The molecule has 1 aromatic carbocycles. The average Bonchev–Trinajstić information content (AvgIpc) is 2.97. The highest BCUT2D eigenvalue weighted by molar-refractivity contribution is 5.90. The largest absolute Gasteiger partial charge is 0.348 e. The van der Waals surface area contributed by atoms with E-state index in [-0.39, 0.29) is 17.8 Å². The molecule has 2 heterocycles. The van der Waals surface area contributed by atoms with Crippen molar-refractivity contribution in [3.05, 3.63) is 58.4 Å². The Labute approximate surface area is 127 Å². The van der Waals surface area contributed by atoms with Crippen molar-refractivity contribution in [2.24, 2.45) is 0 Å². The van der Waals surface area contributed by atoms with Crippen molar-refractivity contribution in [2.45, 2.75) is 19.5 Å². The molecule has 0 unspecified atom stereocenters. The number of nitrogens with zero attached hydrogens (tertiary/aromatic N) is 3. The van der Waals surface area contributed by atoms with Gasteiger partial charge in [-0.25, -0.2) is 4.79 Å². The highest BCUT2D eigenvalue weighted by Gasteiger charge is 2.27. The standard InChI is InChI=1S/C15H16N4O3/c1-11-14-6-3-7-17(14)8-9-18(11)15(20)16-12-4-2-5-13(10-12)19(21)22/h2-7,10-11H,8-9H2,1H3,(H,16,20)/t11-/m0/s1. The Bertz CT molecular complexity index is 725. The lowest BCUT2D eigenvalue weighted by atomic mass is 10.1. The van der Waals surface area contributed by atoms with Crippen LogP contribution in [0.15, 0.2) is 42.6 Å². The molecule has 0 saturated carbocycles. The highest BCUT2D eigenvalue weighted by atomic mass is 16.6. The maximum absolute atomic E-state index is 12.4. The molecule has 1 aliphatic rings. The van der Waals surface area contributed by atoms with Gasteiger partial charge in [-0.1, -0.05) is 6.07 Å². The molecule has 0 radical (unpaired) electrons. The van der Waals surface area contributed by atoms with Crippen LogP contribution in [0.4, 0.5) is 16.2 Å². The predicted octanol–water partition coefficient (Wildman–Crippen LogP) is 3.01. The molecule has 0 bridgehead atoms.